The fourth-order valence-electron chi connectivity index (χ4n) is 8.52. The fourth-order valence-corrected chi connectivity index (χ4v) is 8.52. The molecule has 0 radical (unpaired) electrons. The summed E-state index contributed by atoms with van der Waals surface area (Å²) < 4.78 is 16.8. The summed E-state index contributed by atoms with van der Waals surface area (Å²) in [6.45, 7) is 6.33. The molecule has 6 heteroatoms. The molecule has 77 heavy (non-hydrogen) atoms. The van der Waals surface area contributed by atoms with Gasteiger partial charge < -0.3 is 14.2 Å². The molecule has 436 valence electrons. The fraction of sp³-hybridized carbons (Fsp3) is 0.648. The minimum absolute atomic E-state index is 0.114. The molecule has 0 amide bonds. The maximum absolute atomic E-state index is 12.9. The SMILES string of the molecule is CC/C=C\C/C=C\C/C=C\C/C=C\C/C=C\C/C=C\CCCCCCCCCCC(=O)OCC(COC(=O)C/C=C\C/C=C\C/C=C\C/C=C\C/C=C\CC)OC(=O)CCCCCCCCCCCCCCCCCCC. The topological polar surface area (TPSA) is 78.9 Å². The predicted molar refractivity (Wildman–Crippen MR) is 334 cm³/mol. The summed E-state index contributed by atoms with van der Waals surface area (Å²) in [6, 6.07) is 0. The number of carbonyl (C=O) groups is 3. The van der Waals surface area contributed by atoms with Gasteiger partial charge in [-0.3, -0.25) is 14.4 Å². The van der Waals surface area contributed by atoms with Gasteiger partial charge in [-0.15, -0.1) is 0 Å². The Morgan fingerprint density at radius 2 is 0.558 bits per heavy atom. The summed E-state index contributed by atoms with van der Waals surface area (Å²) in [5.41, 5.74) is 0. The van der Waals surface area contributed by atoms with E-state index in [4.69, 9.17) is 14.2 Å². The first kappa shape index (κ1) is 72.5. The van der Waals surface area contributed by atoms with Gasteiger partial charge in [-0.25, -0.2) is 0 Å². The summed E-state index contributed by atoms with van der Waals surface area (Å²) in [5, 5.41) is 0. The third-order valence-electron chi connectivity index (χ3n) is 13.2. The van der Waals surface area contributed by atoms with Gasteiger partial charge in [0.2, 0.25) is 0 Å². The van der Waals surface area contributed by atoms with Gasteiger partial charge in [-0.1, -0.05) is 296 Å². The van der Waals surface area contributed by atoms with Crippen molar-refractivity contribution in [2.45, 2.75) is 284 Å². The quantitative estimate of drug-likeness (QED) is 0.0261. The van der Waals surface area contributed by atoms with Crippen molar-refractivity contribution in [3.8, 4) is 0 Å². The van der Waals surface area contributed by atoms with Crippen LogP contribution in [0.3, 0.4) is 0 Å². The Hall–Kier alpha value is -4.45. The normalized spacial score (nSPS) is 13.0. The van der Waals surface area contributed by atoms with Gasteiger partial charge >= 0.3 is 17.9 Å². The average Bonchev–Trinajstić information content (AvgIpc) is 3.43. The zero-order valence-corrected chi connectivity index (χ0v) is 49.9. The number of hydrogen-bond donors (Lipinski definition) is 0. The molecule has 0 fully saturated rings. The van der Waals surface area contributed by atoms with Crippen molar-refractivity contribution in [2.75, 3.05) is 13.2 Å². The number of unbranched alkanes of at least 4 members (excludes halogenated alkanes) is 24. The lowest BCUT2D eigenvalue weighted by Crippen LogP contribution is -2.30. The highest BCUT2D eigenvalue weighted by molar-refractivity contribution is 5.72. The van der Waals surface area contributed by atoms with Crippen LogP contribution in [-0.2, 0) is 28.6 Å². The lowest BCUT2D eigenvalue weighted by molar-refractivity contribution is -0.166. The molecule has 0 saturated heterocycles. The first-order chi connectivity index (χ1) is 38.0. The van der Waals surface area contributed by atoms with Gasteiger partial charge in [-0.2, -0.15) is 0 Å². The third kappa shape index (κ3) is 62.3. The molecule has 0 aliphatic carbocycles. The molecular formula is C71H116O6. The Morgan fingerprint density at radius 1 is 0.286 bits per heavy atom. The number of ether oxygens (including phenoxy) is 3. The van der Waals surface area contributed by atoms with E-state index in [1.165, 1.54) is 122 Å². The standard InChI is InChI=1S/C71H116O6/c1-4-7-10-13-16-19-22-25-28-30-31-32-33-34-35-36-37-38-39-41-43-46-49-52-55-58-61-64-70(73)76-67-68(66-75-69(72)63-60-57-54-51-48-45-42-27-24-21-18-15-12-9-6-3)77-71(74)65-62-59-56-53-50-47-44-40-29-26-23-20-17-14-11-8-5-2/h7,9-10,12,16,18-19,21,25,27-28,31-32,34-35,37-38,42,48,51,57,60,68H,4-6,8,11,13-15,17,20,22-24,26,29-30,33,36,39-41,43-47,49-50,52-56,58-59,61-67H2,1-3H3/b10-7-,12-9-,19-16-,21-18-,28-25-,32-31-,35-34-,38-37-,42-27-,51-48-,60-57-. The molecular weight excluding hydrogens is 949 g/mol. The Labute approximate surface area is 475 Å². The van der Waals surface area contributed by atoms with Crippen LogP contribution < -0.4 is 0 Å². The van der Waals surface area contributed by atoms with E-state index in [2.05, 4.69) is 142 Å². The van der Waals surface area contributed by atoms with Gasteiger partial charge in [0.25, 0.3) is 0 Å². The highest BCUT2D eigenvalue weighted by Crippen LogP contribution is 2.16. The van der Waals surface area contributed by atoms with Crippen molar-refractivity contribution in [2.24, 2.45) is 0 Å². The molecule has 0 saturated carbocycles. The van der Waals surface area contributed by atoms with Gasteiger partial charge in [0.15, 0.2) is 6.10 Å². The van der Waals surface area contributed by atoms with E-state index < -0.39 is 12.1 Å². The minimum atomic E-state index is -0.825. The zero-order chi connectivity index (χ0) is 55.7. The first-order valence-electron chi connectivity index (χ1n) is 31.7. The van der Waals surface area contributed by atoms with Crippen molar-refractivity contribution in [3.63, 3.8) is 0 Å². The van der Waals surface area contributed by atoms with Crippen LogP contribution in [0.5, 0.6) is 0 Å². The largest absolute Gasteiger partial charge is 0.462 e. The highest BCUT2D eigenvalue weighted by Gasteiger charge is 2.19. The molecule has 0 spiro atoms. The van der Waals surface area contributed by atoms with E-state index in [9.17, 15) is 14.4 Å². The lowest BCUT2D eigenvalue weighted by atomic mass is 10.0. The summed E-state index contributed by atoms with van der Waals surface area (Å²) >= 11 is 0. The van der Waals surface area contributed by atoms with E-state index in [0.29, 0.717) is 12.8 Å². The number of carbonyl (C=O) groups excluding carboxylic acids is 3. The Kier molecular flexibility index (Phi) is 60.4. The second-order valence-electron chi connectivity index (χ2n) is 20.6. The Morgan fingerprint density at radius 3 is 0.909 bits per heavy atom. The third-order valence-corrected chi connectivity index (χ3v) is 13.2. The molecule has 0 heterocycles. The predicted octanol–water partition coefficient (Wildman–Crippen LogP) is 21.8. The van der Waals surface area contributed by atoms with Gasteiger partial charge in [0.05, 0.1) is 6.42 Å². The van der Waals surface area contributed by atoms with E-state index in [0.717, 1.165) is 116 Å². The molecule has 0 bridgehead atoms. The summed E-state index contributed by atoms with van der Waals surface area (Å²) in [4.78, 5) is 38.2. The monoisotopic (exact) mass is 1060 g/mol. The van der Waals surface area contributed by atoms with E-state index in [-0.39, 0.29) is 31.6 Å². The smallest absolute Gasteiger partial charge is 0.309 e. The number of esters is 3. The molecule has 6 nitrogen and oxygen atoms in total. The molecule has 0 rings (SSSR count). The minimum Gasteiger partial charge on any atom is -0.462 e. The van der Waals surface area contributed by atoms with Crippen LogP contribution in [0.2, 0.25) is 0 Å². The highest BCUT2D eigenvalue weighted by atomic mass is 16.6. The molecule has 0 aromatic heterocycles. The van der Waals surface area contributed by atoms with Crippen molar-refractivity contribution < 1.29 is 28.6 Å². The van der Waals surface area contributed by atoms with Crippen LogP contribution in [0, 0.1) is 0 Å². The van der Waals surface area contributed by atoms with E-state index in [1.807, 2.05) is 6.08 Å². The van der Waals surface area contributed by atoms with Gasteiger partial charge in [0, 0.05) is 12.8 Å². The van der Waals surface area contributed by atoms with Crippen molar-refractivity contribution in [1.82, 2.24) is 0 Å². The van der Waals surface area contributed by atoms with Gasteiger partial charge in [0.1, 0.15) is 13.2 Å². The Balaban J connectivity index is 4.42. The van der Waals surface area contributed by atoms with Gasteiger partial charge in [-0.05, 0) is 96.3 Å². The Bertz CT molecular complexity index is 1650. The van der Waals surface area contributed by atoms with Crippen molar-refractivity contribution >= 4 is 17.9 Å². The molecule has 0 aliphatic heterocycles. The van der Waals surface area contributed by atoms with Crippen LogP contribution in [0.4, 0.5) is 0 Å². The van der Waals surface area contributed by atoms with Crippen LogP contribution in [0.1, 0.15) is 278 Å². The number of allylic oxidation sites excluding steroid dienone is 21. The molecule has 0 aliphatic rings. The van der Waals surface area contributed by atoms with E-state index >= 15 is 0 Å². The summed E-state index contributed by atoms with van der Waals surface area (Å²) in [7, 11) is 0. The molecule has 0 N–H and O–H groups in total. The second kappa shape index (κ2) is 64.1. The second-order valence-corrected chi connectivity index (χ2v) is 20.6. The summed E-state index contributed by atoms with van der Waals surface area (Å²) in [6.07, 6.45) is 90.5. The lowest BCUT2D eigenvalue weighted by Gasteiger charge is -2.18. The maximum atomic E-state index is 12.9. The van der Waals surface area contributed by atoms with Crippen molar-refractivity contribution in [3.05, 3.63) is 134 Å². The van der Waals surface area contributed by atoms with Crippen LogP contribution in [0.25, 0.3) is 0 Å². The zero-order valence-electron chi connectivity index (χ0n) is 49.9. The molecule has 1 unspecified atom stereocenters. The van der Waals surface area contributed by atoms with Crippen molar-refractivity contribution in [1.29, 1.82) is 0 Å². The molecule has 1 atom stereocenters. The first-order valence-corrected chi connectivity index (χ1v) is 31.7. The molecule has 0 aromatic rings. The van der Waals surface area contributed by atoms with Crippen LogP contribution in [0.15, 0.2) is 134 Å². The summed E-state index contributed by atoms with van der Waals surface area (Å²) in [5.74, 6) is -1.05. The average molecular weight is 1070 g/mol. The van der Waals surface area contributed by atoms with E-state index in [1.54, 1.807) is 6.08 Å². The maximum Gasteiger partial charge on any atom is 0.309 e. The van der Waals surface area contributed by atoms with Crippen LogP contribution in [-0.4, -0.2) is 37.2 Å². The number of hydrogen-bond acceptors (Lipinski definition) is 6. The van der Waals surface area contributed by atoms with Crippen LogP contribution >= 0.6 is 0 Å². The number of rotatable bonds is 56. The molecule has 0 aromatic carbocycles.